The number of rotatable bonds is 18. The van der Waals surface area contributed by atoms with Gasteiger partial charge in [-0.1, -0.05) is 0 Å². The van der Waals surface area contributed by atoms with Crippen LogP contribution in [-0.4, -0.2) is 108 Å². The van der Waals surface area contributed by atoms with E-state index in [9.17, 15) is 9.00 Å². The first-order valence-electron chi connectivity index (χ1n) is 10.0. The summed E-state index contributed by atoms with van der Waals surface area (Å²) in [7, 11) is -0.812. The van der Waals surface area contributed by atoms with Gasteiger partial charge in [-0.2, -0.15) is 5.10 Å². The van der Waals surface area contributed by atoms with Gasteiger partial charge in [0.1, 0.15) is 5.69 Å². The molecule has 12 nitrogen and oxygen atoms in total. The van der Waals surface area contributed by atoms with Crippen LogP contribution in [-0.2, 0) is 42.8 Å². The molecule has 0 saturated carbocycles. The second-order valence-corrected chi connectivity index (χ2v) is 8.50. The number of hydrogen-bond donors (Lipinski definition) is 3. The predicted octanol–water partition coefficient (Wildman–Crippen LogP) is -2.34. The molecule has 1 unspecified atom stereocenters. The van der Waals surface area contributed by atoms with Gasteiger partial charge in [0.2, 0.25) is 0 Å². The van der Waals surface area contributed by atoms with E-state index in [4.69, 9.17) is 24.8 Å². The molecule has 1 aromatic heterocycles. The highest BCUT2D eigenvalue weighted by Gasteiger charge is 2.30. The number of ether oxygens (including phenoxy) is 4. The summed E-state index contributed by atoms with van der Waals surface area (Å²) in [6.07, 6.45) is 1.71. The van der Waals surface area contributed by atoms with E-state index in [-0.39, 0.29) is 10.8 Å². The van der Waals surface area contributed by atoms with Crippen LogP contribution >= 0.6 is 0 Å². The molecule has 4 N–H and O–H groups in total. The lowest BCUT2D eigenvalue weighted by molar-refractivity contribution is -0.00248. The van der Waals surface area contributed by atoms with Crippen molar-refractivity contribution in [1.29, 1.82) is 0 Å². The van der Waals surface area contributed by atoms with Crippen LogP contribution in [0.4, 0.5) is 0 Å². The van der Waals surface area contributed by atoms with Gasteiger partial charge < -0.3 is 18.9 Å². The summed E-state index contributed by atoms with van der Waals surface area (Å²) < 4.78 is 34.3. The molecule has 1 aliphatic rings. The van der Waals surface area contributed by atoms with E-state index in [1.807, 2.05) is 0 Å². The fourth-order valence-corrected chi connectivity index (χ4v) is 3.59. The molecule has 1 saturated heterocycles. The second-order valence-electron chi connectivity index (χ2n) is 6.83. The zero-order chi connectivity index (χ0) is 21.6. The predicted molar refractivity (Wildman–Crippen MR) is 111 cm³/mol. The van der Waals surface area contributed by atoms with Crippen molar-refractivity contribution < 1.29 is 23.2 Å². The van der Waals surface area contributed by atoms with Crippen LogP contribution in [0.25, 0.3) is 0 Å². The number of nitrogens with one attached hydrogen (secondary N) is 2. The molecule has 2 rings (SSSR count). The number of nitrogens with zero attached hydrogens (tertiary/aromatic N) is 3. The second kappa shape index (κ2) is 14.8. The maximum Gasteiger partial charge on any atom is 0.291 e. The first-order valence-corrected chi connectivity index (χ1v) is 11.7. The quantitative estimate of drug-likeness (QED) is 0.126. The number of aromatic nitrogens is 3. The molecule has 30 heavy (non-hydrogen) atoms. The molecule has 1 aliphatic heterocycles. The first-order chi connectivity index (χ1) is 14.6. The van der Waals surface area contributed by atoms with Crippen molar-refractivity contribution in [2.75, 3.05) is 78.7 Å². The Bertz CT molecular complexity index is 665. The summed E-state index contributed by atoms with van der Waals surface area (Å²) in [5, 5.41) is 7.02. The zero-order valence-corrected chi connectivity index (χ0v) is 18.4. The van der Waals surface area contributed by atoms with Crippen molar-refractivity contribution in [3.63, 3.8) is 0 Å². The zero-order valence-electron chi connectivity index (χ0n) is 17.5. The van der Waals surface area contributed by atoms with Crippen LogP contribution in [0, 0.1) is 0 Å². The van der Waals surface area contributed by atoms with Crippen LogP contribution in [0.3, 0.4) is 0 Å². The maximum atomic E-state index is 12.3. The molecule has 13 heteroatoms. The van der Waals surface area contributed by atoms with Crippen molar-refractivity contribution in [2.45, 2.75) is 18.3 Å². The minimum atomic E-state index is -0.812. The Labute approximate surface area is 178 Å². The summed E-state index contributed by atoms with van der Waals surface area (Å²) in [6.45, 7) is 6.83. The SMILES string of the molecule is CS(=O)C1CN(Cc2n[nH]n(CCOCCOCCOCCOCCNN)c2=O)C1. The van der Waals surface area contributed by atoms with E-state index in [0.29, 0.717) is 78.2 Å². The van der Waals surface area contributed by atoms with Gasteiger partial charge in [0.15, 0.2) is 0 Å². The van der Waals surface area contributed by atoms with Crippen molar-refractivity contribution in [3.8, 4) is 0 Å². The Kier molecular flexibility index (Phi) is 12.3. The molecule has 1 atom stereocenters. The minimum Gasteiger partial charge on any atom is -0.378 e. The van der Waals surface area contributed by atoms with Gasteiger partial charge in [0.05, 0.1) is 64.6 Å². The van der Waals surface area contributed by atoms with Crippen molar-refractivity contribution in [2.24, 2.45) is 5.84 Å². The largest absolute Gasteiger partial charge is 0.378 e. The van der Waals surface area contributed by atoms with E-state index in [0.717, 1.165) is 13.1 Å². The molecular formula is C17H34N6O6S. The van der Waals surface area contributed by atoms with Crippen molar-refractivity contribution in [1.82, 2.24) is 25.3 Å². The fraction of sp³-hybridized carbons (Fsp3) is 0.882. The molecule has 1 fully saturated rings. The normalized spacial score (nSPS) is 16.1. The highest BCUT2D eigenvalue weighted by atomic mass is 32.2. The topological polar surface area (TPSA) is 146 Å². The lowest BCUT2D eigenvalue weighted by Crippen LogP contribution is -2.52. The first kappa shape index (κ1) is 25.1. The van der Waals surface area contributed by atoms with Gasteiger partial charge in [-0.25, -0.2) is 9.90 Å². The summed E-state index contributed by atoms with van der Waals surface area (Å²) in [5.41, 5.74) is 2.84. The third-order valence-electron chi connectivity index (χ3n) is 4.53. The van der Waals surface area contributed by atoms with Crippen LogP contribution in [0.15, 0.2) is 4.79 Å². The van der Waals surface area contributed by atoms with Gasteiger partial charge >= 0.3 is 0 Å². The van der Waals surface area contributed by atoms with Gasteiger partial charge in [-0.3, -0.25) is 25.2 Å². The van der Waals surface area contributed by atoms with Crippen LogP contribution < -0.4 is 16.8 Å². The average molecular weight is 451 g/mol. The molecule has 0 aromatic carbocycles. The third-order valence-corrected chi connectivity index (χ3v) is 5.77. The van der Waals surface area contributed by atoms with Crippen molar-refractivity contribution >= 4 is 10.8 Å². The van der Waals surface area contributed by atoms with Gasteiger partial charge in [0.25, 0.3) is 5.56 Å². The molecule has 0 aliphatic carbocycles. The lowest BCUT2D eigenvalue weighted by Gasteiger charge is -2.37. The molecule has 0 bridgehead atoms. The standard InChI is InChI=1S/C17H34N6O6S/c1-30(25)15-12-22(13-15)14-16-17(24)23(21-20-16)3-5-27-7-9-29-11-10-28-8-6-26-4-2-19-18/h15,19,21H,2-14,18H2,1H3. The van der Waals surface area contributed by atoms with E-state index in [1.54, 1.807) is 6.26 Å². The Morgan fingerprint density at radius 1 is 1.07 bits per heavy atom. The van der Waals surface area contributed by atoms with Crippen LogP contribution in [0.5, 0.6) is 0 Å². The molecule has 1 aromatic rings. The number of hydrazine groups is 1. The average Bonchev–Trinajstić information content (AvgIpc) is 3.04. The summed E-state index contributed by atoms with van der Waals surface area (Å²) in [5.74, 6) is 5.12. The summed E-state index contributed by atoms with van der Waals surface area (Å²) in [4.78, 5) is 14.4. The lowest BCUT2D eigenvalue weighted by atomic mass is 10.2. The summed E-state index contributed by atoms with van der Waals surface area (Å²) >= 11 is 0. The molecule has 0 radical (unpaired) electrons. The number of H-pyrrole nitrogens is 1. The highest BCUT2D eigenvalue weighted by Crippen LogP contribution is 2.14. The highest BCUT2D eigenvalue weighted by molar-refractivity contribution is 7.85. The minimum absolute atomic E-state index is 0.142. The monoisotopic (exact) mass is 450 g/mol. The molecule has 0 amide bonds. The fourth-order valence-electron chi connectivity index (χ4n) is 2.75. The van der Waals surface area contributed by atoms with E-state index < -0.39 is 10.8 Å². The Hall–Kier alpha value is -1.19. The van der Waals surface area contributed by atoms with Gasteiger partial charge in [-0.15, -0.1) is 0 Å². The Morgan fingerprint density at radius 3 is 2.20 bits per heavy atom. The maximum absolute atomic E-state index is 12.3. The van der Waals surface area contributed by atoms with Gasteiger partial charge in [0, 0.05) is 43.2 Å². The number of nitrogens with two attached hydrogens (primary N) is 1. The third kappa shape index (κ3) is 9.31. The van der Waals surface area contributed by atoms with Crippen LogP contribution in [0.1, 0.15) is 5.69 Å². The Balaban J connectivity index is 1.43. The van der Waals surface area contributed by atoms with E-state index in [1.165, 1.54) is 4.68 Å². The smallest absolute Gasteiger partial charge is 0.291 e. The number of aromatic amines is 1. The molecule has 2 heterocycles. The van der Waals surface area contributed by atoms with Gasteiger partial charge in [-0.05, 0) is 0 Å². The molecular weight excluding hydrogens is 416 g/mol. The summed E-state index contributed by atoms with van der Waals surface area (Å²) in [6, 6.07) is 0. The number of likely N-dealkylation sites (tertiary alicyclic amines) is 1. The van der Waals surface area contributed by atoms with Crippen molar-refractivity contribution in [3.05, 3.63) is 16.0 Å². The van der Waals surface area contributed by atoms with E-state index in [2.05, 4.69) is 20.6 Å². The van der Waals surface area contributed by atoms with E-state index >= 15 is 0 Å². The number of hydrogen-bond acceptors (Lipinski definition) is 10. The van der Waals surface area contributed by atoms with Crippen LogP contribution in [0.2, 0.25) is 0 Å². The molecule has 174 valence electrons. The Morgan fingerprint density at radius 2 is 1.63 bits per heavy atom. The molecule has 0 spiro atoms.